The van der Waals surface area contributed by atoms with Crippen LogP contribution in [0.1, 0.15) is 5.56 Å². The van der Waals surface area contributed by atoms with Crippen LogP contribution in [0.25, 0.3) is 6.08 Å². The molecule has 0 atom stereocenters. The maximum Gasteiger partial charge on any atom is 0.341 e. The number of hydrogen-bond donors (Lipinski definition) is 2. The number of amides is 3. The Morgan fingerprint density at radius 1 is 1.06 bits per heavy atom. The number of ether oxygens (including phenoxy) is 2. The van der Waals surface area contributed by atoms with E-state index in [4.69, 9.17) is 14.6 Å². The average molecular weight is 498 g/mol. The molecule has 4 rings (SSSR count). The summed E-state index contributed by atoms with van der Waals surface area (Å²) in [5.74, 6) is -1.75. The average Bonchev–Trinajstić information content (AvgIpc) is 3.11. The minimum atomic E-state index is -1.09. The van der Waals surface area contributed by atoms with Gasteiger partial charge in [0.05, 0.1) is 18.1 Å². The molecule has 2 heterocycles. The highest BCUT2D eigenvalue weighted by molar-refractivity contribution is 8.18. The lowest BCUT2D eigenvalue weighted by Gasteiger charge is -2.28. The molecule has 0 saturated carbocycles. The number of anilines is 2. The number of nitrogens with one attached hydrogen (secondary N) is 1. The van der Waals surface area contributed by atoms with Gasteiger partial charge in [0.2, 0.25) is 5.91 Å². The van der Waals surface area contributed by atoms with Crippen molar-refractivity contribution in [2.75, 3.05) is 49.7 Å². The summed E-state index contributed by atoms with van der Waals surface area (Å²) in [5.41, 5.74) is 2.23. The Morgan fingerprint density at radius 2 is 1.74 bits per heavy atom. The van der Waals surface area contributed by atoms with Crippen LogP contribution < -0.4 is 15.0 Å². The van der Waals surface area contributed by atoms with Gasteiger partial charge in [-0.25, -0.2) is 4.79 Å². The van der Waals surface area contributed by atoms with Crippen molar-refractivity contribution in [3.8, 4) is 5.75 Å². The largest absolute Gasteiger partial charge is 0.482 e. The second-order valence-electron chi connectivity index (χ2n) is 7.71. The summed E-state index contributed by atoms with van der Waals surface area (Å²) in [6.45, 7) is 2.12. The zero-order valence-corrected chi connectivity index (χ0v) is 19.5. The number of benzene rings is 2. The summed E-state index contributed by atoms with van der Waals surface area (Å²) in [6, 6.07) is 13.8. The SMILES string of the molecule is O=C(O)COc1ccc(/C=C2/SC(=O)N(CC(=O)Nc3ccc(N4CCOCC4)cc3)C2=O)cc1. The predicted molar refractivity (Wildman–Crippen MR) is 130 cm³/mol. The van der Waals surface area contributed by atoms with E-state index in [2.05, 4.69) is 10.2 Å². The highest BCUT2D eigenvalue weighted by atomic mass is 32.2. The van der Waals surface area contributed by atoms with Crippen LogP contribution in [0.5, 0.6) is 5.75 Å². The van der Waals surface area contributed by atoms with Crippen molar-refractivity contribution in [1.82, 2.24) is 4.90 Å². The molecule has 3 amide bonds. The predicted octanol–water partition coefficient (Wildman–Crippen LogP) is 2.66. The third-order valence-corrected chi connectivity index (χ3v) is 6.15. The maximum absolute atomic E-state index is 12.7. The maximum atomic E-state index is 12.7. The summed E-state index contributed by atoms with van der Waals surface area (Å²) in [4.78, 5) is 51.4. The van der Waals surface area contributed by atoms with E-state index in [0.29, 0.717) is 30.2 Å². The third-order valence-electron chi connectivity index (χ3n) is 5.24. The normalized spacial score (nSPS) is 17.1. The van der Waals surface area contributed by atoms with Crippen LogP contribution in [0.2, 0.25) is 0 Å². The Labute approximate surface area is 205 Å². The van der Waals surface area contributed by atoms with Crippen LogP contribution in [-0.4, -0.2) is 72.5 Å². The Bertz CT molecular complexity index is 1140. The fraction of sp³-hybridized carbons (Fsp3) is 0.250. The molecular formula is C24H23N3O7S. The number of hydrogen-bond acceptors (Lipinski definition) is 8. The van der Waals surface area contributed by atoms with Gasteiger partial charge in [-0.1, -0.05) is 12.1 Å². The van der Waals surface area contributed by atoms with E-state index in [1.54, 1.807) is 36.4 Å². The number of rotatable bonds is 8. The molecular weight excluding hydrogens is 474 g/mol. The van der Waals surface area contributed by atoms with E-state index in [-0.39, 0.29) is 4.91 Å². The Hall–Kier alpha value is -3.83. The fourth-order valence-corrected chi connectivity index (χ4v) is 4.35. The molecule has 0 aliphatic carbocycles. The van der Waals surface area contributed by atoms with E-state index in [1.807, 2.05) is 12.1 Å². The summed E-state index contributed by atoms with van der Waals surface area (Å²) >= 11 is 0.755. The van der Waals surface area contributed by atoms with Gasteiger partial charge in [-0.05, 0) is 59.8 Å². The van der Waals surface area contributed by atoms with Crippen molar-refractivity contribution in [2.45, 2.75) is 0 Å². The summed E-state index contributed by atoms with van der Waals surface area (Å²) in [5, 5.41) is 10.8. The van der Waals surface area contributed by atoms with Crippen LogP contribution in [0.3, 0.4) is 0 Å². The van der Waals surface area contributed by atoms with Crippen molar-refractivity contribution in [2.24, 2.45) is 0 Å². The topological polar surface area (TPSA) is 125 Å². The van der Waals surface area contributed by atoms with E-state index >= 15 is 0 Å². The number of thioether (sulfide) groups is 1. The van der Waals surface area contributed by atoms with Crippen LogP contribution in [0.4, 0.5) is 16.2 Å². The van der Waals surface area contributed by atoms with Crippen LogP contribution in [-0.2, 0) is 19.1 Å². The molecule has 0 aromatic heterocycles. The minimum absolute atomic E-state index is 0.192. The number of carboxylic acid groups (broad SMARTS) is 1. The first-order valence-corrected chi connectivity index (χ1v) is 11.6. The number of imide groups is 1. The molecule has 35 heavy (non-hydrogen) atoms. The summed E-state index contributed by atoms with van der Waals surface area (Å²) in [6.07, 6.45) is 1.54. The van der Waals surface area contributed by atoms with E-state index in [1.165, 1.54) is 6.08 Å². The number of carbonyl (C=O) groups is 4. The Kier molecular flexibility index (Phi) is 7.68. The van der Waals surface area contributed by atoms with Gasteiger partial charge < -0.3 is 24.8 Å². The second-order valence-corrected chi connectivity index (χ2v) is 8.71. The summed E-state index contributed by atoms with van der Waals surface area (Å²) < 4.78 is 10.4. The Morgan fingerprint density at radius 3 is 2.40 bits per heavy atom. The molecule has 0 bridgehead atoms. The first kappa shape index (κ1) is 24.3. The summed E-state index contributed by atoms with van der Waals surface area (Å²) in [7, 11) is 0. The number of nitrogens with zero attached hydrogens (tertiary/aromatic N) is 2. The zero-order chi connectivity index (χ0) is 24.8. The van der Waals surface area contributed by atoms with E-state index in [9.17, 15) is 19.2 Å². The fourth-order valence-electron chi connectivity index (χ4n) is 3.51. The first-order chi connectivity index (χ1) is 16.9. The van der Waals surface area contributed by atoms with Crippen LogP contribution >= 0.6 is 11.8 Å². The standard InChI is InChI=1S/C24H23N3O7S/c28-21(25-17-3-5-18(6-4-17)26-9-11-33-12-10-26)14-27-23(31)20(35-24(27)32)13-16-1-7-19(8-2-16)34-15-22(29)30/h1-8,13H,9-12,14-15H2,(H,25,28)(H,29,30)/b20-13+. The third kappa shape index (κ3) is 6.40. The molecule has 10 nitrogen and oxygen atoms in total. The first-order valence-electron chi connectivity index (χ1n) is 10.8. The molecule has 0 spiro atoms. The number of aliphatic carboxylic acids is 1. The van der Waals surface area contributed by atoms with Gasteiger partial charge in [-0.2, -0.15) is 0 Å². The van der Waals surface area contributed by atoms with Crippen molar-refractivity contribution >= 4 is 52.2 Å². The molecule has 2 N–H and O–H groups in total. The van der Waals surface area contributed by atoms with Crippen LogP contribution in [0, 0.1) is 0 Å². The molecule has 182 valence electrons. The molecule has 11 heteroatoms. The van der Waals surface area contributed by atoms with Crippen LogP contribution in [0.15, 0.2) is 53.4 Å². The van der Waals surface area contributed by atoms with Gasteiger partial charge in [0.25, 0.3) is 11.1 Å². The van der Waals surface area contributed by atoms with Gasteiger partial charge in [-0.15, -0.1) is 0 Å². The van der Waals surface area contributed by atoms with E-state index in [0.717, 1.165) is 35.4 Å². The van der Waals surface area contributed by atoms with Crippen molar-refractivity contribution in [3.05, 3.63) is 59.0 Å². The van der Waals surface area contributed by atoms with Gasteiger partial charge in [-0.3, -0.25) is 19.3 Å². The highest BCUT2D eigenvalue weighted by Crippen LogP contribution is 2.32. The van der Waals surface area contributed by atoms with Gasteiger partial charge in [0.15, 0.2) is 6.61 Å². The van der Waals surface area contributed by atoms with Crippen molar-refractivity contribution < 1.29 is 33.8 Å². The quantitative estimate of drug-likeness (QED) is 0.530. The second kappa shape index (κ2) is 11.1. The van der Waals surface area contributed by atoms with Gasteiger partial charge >= 0.3 is 5.97 Å². The lowest BCUT2D eigenvalue weighted by atomic mass is 10.2. The molecule has 2 aliphatic heterocycles. The number of carbonyl (C=O) groups excluding carboxylic acids is 3. The van der Waals surface area contributed by atoms with Crippen molar-refractivity contribution in [1.29, 1.82) is 0 Å². The lowest BCUT2D eigenvalue weighted by molar-refractivity contribution is -0.139. The minimum Gasteiger partial charge on any atom is -0.482 e. The lowest BCUT2D eigenvalue weighted by Crippen LogP contribution is -2.36. The van der Waals surface area contributed by atoms with E-state index < -0.39 is 36.2 Å². The molecule has 2 aromatic carbocycles. The smallest absolute Gasteiger partial charge is 0.341 e. The monoisotopic (exact) mass is 497 g/mol. The highest BCUT2D eigenvalue weighted by Gasteiger charge is 2.36. The zero-order valence-electron chi connectivity index (χ0n) is 18.6. The molecule has 2 aliphatic rings. The molecule has 0 unspecified atom stereocenters. The molecule has 0 radical (unpaired) electrons. The number of carboxylic acids is 1. The van der Waals surface area contributed by atoms with Crippen molar-refractivity contribution in [3.63, 3.8) is 0 Å². The molecule has 2 aromatic rings. The Balaban J connectivity index is 1.33. The molecule has 2 fully saturated rings. The van der Waals surface area contributed by atoms with Gasteiger partial charge in [0, 0.05) is 24.5 Å². The molecule has 2 saturated heterocycles. The van der Waals surface area contributed by atoms with Gasteiger partial charge in [0.1, 0.15) is 12.3 Å². The number of morpholine rings is 1.